The van der Waals surface area contributed by atoms with Gasteiger partial charge in [-0.2, -0.15) is 0 Å². The smallest absolute Gasteiger partial charge is 0.463 e. The van der Waals surface area contributed by atoms with Gasteiger partial charge in [0.05, 0.1) is 26.4 Å². The van der Waals surface area contributed by atoms with Gasteiger partial charge in [0, 0.05) is 19.3 Å². The predicted molar refractivity (Wildman–Crippen MR) is 390 cm³/mol. The minimum absolute atomic E-state index is 0.0800. The number of rotatable bonds is 68. The van der Waals surface area contributed by atoms with Crippen LogP contribution in [0.5, 0.6) is 0 Å². The van der Waals surface area contributed by atoms with Crippen molar-refractivity contribution in [3.63, 3.8) is 0 Å². The van der Waals surface area contributed by atoms with E-state index in [0.29, 0.717) is 19.3 Å². The van der Waals surface area contributed by atoms with E-state index in [-0.39, 0.29) is 19.3 Å². The Morgan fingerprint density at radius 2 is 0.558 bits per heavy atom. The summed E-state index contributed by atoms with van der Waals surface area (Å²) in [5, 5.41) is 20.6. The van der Waals surface area contributed by atoms with E-state index in [9.17, 15) is 43.5 Å². The van der Waals surface area contributed by atoms with Crippen molar-refractivity contribution in [2.24, 2.45) is 0 Å². The minimum atomic E-state index is -4.94. The van der Waals surface area contributed by atoms with E-state index in [1.807, 2.05) is 0 Å². The largest absolute Gasteiger partial charge is 0.472 e. The molecule has 5 unspecified atom stereocenters. The SMILES string of the molecule is CC/C=C\C/C=C\C/C=C\C/C=C\C/C=C\CCCCCCCCCCCCCC(=O)OCC(O)COP(=O)(O)OCC(O)COP(=O)(O)OCC(COC(=O)CCCCCC/C=C\C/C=C\C/C=C\C/C=C\CC)OC(=O)CCCCCCC/C=C\C/C=C\CCCCC. The Labute approximate surface area is 575 Å². The molecule has 0 amide bonds. The molecule has 0 rings (SSSR count). The second kappa shape index (κ2) is 69.6. The number of carbonyl (C=O) groups excluding carboxylic acids is 3. The van der Waals surface area contributed by atoms with Crippen LogP contribution >= 0.6 is 15.6 Å². The summed E-state index contributed by atoms with van der Waals surface area (Å²) in [7, 11) is -9.80. The summed E-state index contributed by atoms with van der Waals surface area (Å²) in [6.07, 6.45) is 82.2. The number of ether oxygens (including phenoxy) is 3. The Bertz CT molecular complexity index is 2260. The molecular weight excluding hydrogens is 1240 g/mol. The standard InChI is InChI=1S/C77H130O16P2/c1-4-7-10-13-16-19-22-25-28-30-31-32-33-34-35-36-37-38-39-41-44-45-48-51-54-57-60-63-75(80)87-66-72(78)67-89-94(83,84)90-68-73(79)69-91-95(85,86)92-71-74(93-77(82)65-62-59-56-53-50-47-42-27-24-21-18-15-12-9-6-3)70-88-76(81)64-61-58-55-52-49-46-43-40-29-26-23-20-17-14-11-8-5-2/h7-8,10-11,16-21,25-29,31-32,34-35,42-43,46,72-74,78-79H,4-6,9,12-15,22-24,30,33,36-41,44-45,47-71H2,1-3H3,(H,83,84)(H,85,86)/b10-7-,11-8-,19-16-,20-17-,21-18-,28-25-,29-26-,32-31-,35-34-,42-27-,46-43-. The zero-order valence-electron chi connectivity index (χ0n) is 59.0. The summed E-state index contributed by atoms with van der Waals surface area (Å²) in [5.74, 6) is -1.62. The van der Waals surface area contributed by atoms with E-state index < -0.39 is 91.5 Å². The van der Waals surface area contributed by atoms with E-state index in [1.165, 1.54) is 64.2 Å². The van der Waals surface area contributed by atoms with Crippen molar-refractivity contribution in [2.45, 2.75) is 296 Å². The molecule has 0 aromatic heterocycles. The van der Waals surface area contributed by atoms with Gasteiger partial charge in [0.2, 0.25) is 0 Å². The van der Waals surface area contributed by atoms with Crippen molar-refractivity contribution in [1.82, 2.24) is 0 Å². The summed E-state index contributed by atoms with van der Waals surface area (Å²) in [5.41, 5.74) is 0. The quantitative estimate of drug-likeness (QED) is 0.0146. The molecule has 0 saturated heterocycles. The molecule has 0 radical (unpaired) electrons. The lowest BCUT2D eigenvalue weighted by Gasteiger charge is -2.21. The Balaban J connectivity index is 4.57. The molecule has 544 valence electrons. The first-order valence-corrected chi connectivity index (χ1v) is 39.5. The fraction of sp³-hybridized carbons (Fsp3) is 0.675. The Kier molecular flexibility index (Phi) is 66.4. The molecule has 0 aromatic rings. The fourth-order valence-corrected chi connectivity index (χ4v) is 10.9. The molecule has 16 nitrogen and oxygen atoms in total. The lowest BCUT2D eigenvalue weighted by molar-refractivity contribution is -0.161. The van der Waals surface area contributed by atoms with Crippen LogP contribution in [-0.4, -0.2) is 95.9 Å². The molecule has 0 fully saturated rings. The van der Waals surface area contributed by atoms with Gasteiger partial charge in [-0.25, -0.2) is 9.13 Å². The second-order valence-electron chi connectivity index (χ2n) is 24.0. The molecule has 4 N–H and O–H groups in total. The van der Waals surface area contributed by atoms with Crippen LogP contribution in [0.15, 0.2) is 134 Å². The number of hydrogen-bond acceptors (Lipinski definition) is 14. The van der Waals surface area contributed by atoms with Crippen LogP contribution in [0.3, 0.4) is 0 Å². The van der Waals surface area contributed by atoms with E-state index >= 15 is 0 Å². The maximum absolute atomic E-state index is 12.9. The first kappa shape index (κ1) is 90.7. The first-order chi connectivity index (χ1) is 46.2. The Morgan fingerprint density at radius 1 is 0.305 bits per heavy atom. The number of phosphoric ester groups is 2. The monoisotopic (exact) mass is 1370 g/mol. The molecule has 18 heteroatoms. The molecule has 0 spiro atoms. The summed E-state index contributed by atoms with van der Waals surface area (Å²) < 4.78 is 61.0. The maximum Gasteiger partial charge on any atom is 0.472 e. The number of unbranched alkanes of at least 4 members (excludes halogenated alkanes) is 23. The first-order valence-electron chi connectivity index (χ1n) is 36.5. The average Bonchev–Trinajstić information content (AvgIpc) is 2.05. The highest BCUT2D eigenvalue weighted by molar-refractivity contribution is 7.47. The van der Waals surface area contributed by atoms with E-state index in [0.717, 1.165) is 154 Å². The van der Waals surface area contributed by atoms with Gasteiger partial charge >= 0.3 is 33.6 Å². The van der Waals surface area contributed by atoms with Crippen molar-refractivity contribution in [2.75, 3.05) is 39.6 Å². The topological polar surface area (TPSA) is 231 Å². The van der Waals surface area contributed by atoms with Crippen LogP contribution in [0.4, 0.5) is 0 Å². The van der Waals surface area contributed by atoms with Crippen LogP contribution in [0, 0.1) is 0 Å². The third kappa shape index (κ3) is 70.8. The lowest BCUT2D eigenvalue weighted by atomic mass is 10.0. The van der Waals surface area contributed by atoms with E-state index in [4.69, 9.17) is 32.3 Å². The van der Waals surface area contributed by atoms with Gasteiger partial charge in [0.1, 0.15) is 25.4 Å². The highest BCUT2D eigenvalue weighted by Crippen LogP contribution is 2.45. The highest BCUT2D eigenvalue weighted by atomic mass is 31.2. The average molecular weight is 1370 g/mol. The van der Waals surface area contributed by atoms with Crippen LogP contribution in [0.25, 0.3) is 0 Å². The molecule has 95 heavy (non-hydrogen) atoms. The third-order valence-electron chi connectivity index (χ3n) is 14.8. The predicted octanol–water partition coefficient (Wildman–Crippen LogP) is 20.8. The third-order valence-corrected chi connectivity index (χ3v) is 16.7. The molecule has 0 aliphatic rings. The molecule has 0 bridgehead atoms. The van der Waals surface area contributed by atoms with Crippen molar-refractivity contribution in [1.29, 1.82) is 0 Å². The van der Waals surface area contributed by atoms with Crippen LogP contribution in [0.2, 0.25) is 0 Å². The lowest BCUT2D eigenvalue weighted by Crippen LogP contribution is -2.30. The number of allylic oxidation sites excluding steroid dienone is 22. The zero-order chi connectivity index (χ0) is 69.5. The van der Waals surface area contributed by atoms with E-state index in [1.54, 1.807) is 0 Å². The number of esters is 3. The number of carbonyl (C=O) groups is 3. The Morgan fingerprint density at radius 3 is 0.884 bits per heavy atom. The van der Waals surface area contributed by atoms with Crippen LogP contribution in [0.1, 0.15) is 278 Å². The molecular formula is C77H130O16P2. The maximum atomic E-state index is 12.9. The fourth-order valence-electron chi connectivity index (χ4n) is 9.32. The van der Waals surface area contributed by atoms with Crippen LogP contribution in [-0.2, 0) is 55.8 Å². The summed E-state index contributed by atoms with van der Waals surface area (Å²) in [6.45, 7) is 2.36. The molecule has 0 heterocycles. The van der Waals surface area contributed by atoms with Gasteiger partial charge in [-0.15, -0.1) is 0 Å². The molecule has 0 saturated carbocycles. The van der Waals surface area contributed by atoms with E-state index in [2.05, 4.69) is 154 Å². The Hall–Kier alpha value is -4.31. The number of aliphatic hydroxyl groups excluding tert-OH is 2. The van der Waals surface area contributed by atoms with Gasteiger partial charge in [-0.1, -0.05) is 257 Å². The van der Waals surface area contributed by atoms with Crippen molar-refractivity contribution >= 4 is 33.6 Å². The minimum Gasteiger partial charge on any atom is -0.463 e. The van der Waals surface area contributed by atoms with Crippen LogP contribution < -0.4 is 0 Å². The molecule has 5 atom stereocenters. The van der Waals surface area contributed by atoms with Gasteiger partial charge in [0.25, 0.3) is 0 Å². The summed E-state index contributed by atoms with van der Waals surface area (Å²) in [6, 6.07) is 0. The number of hydrogen-bond donors (Lipinski definition) is 4. The van der Waals surface area contributed by atoms with Gasteiger partial charge in [-0.3, -0.25) is 32.5 Å². The molecule has 0 aliphatic heterocycles. The van der Waals surface area contributed by atoms with Gasteiger partial charge < -0.3 is 34.2 Å². The summed E-state index contributed by atoms with van der Waals surface area (Å²) >= 11 is 0. The number of phosphoric acid groups is 2. The molecule has 0 aromatic carbocycles. The molecule has 0 aliphatic carbocycles. The van der Waals surface area contributed by atoms with Crippen molar-refractivity contribution < 1.29 is 75.8 Å². The normalized spacial score (nSPS) is 14.9. The summed E-state index contributed by atoms with van der Waals surface area (Å²) in [4.78, 5) is 58.5. The van der Waals surface area contributed by atoms with Gasteiger partial charge in [0.15, 0.2) is 6.10 Å². The highest BCUT2D eigenvalue weighted by Gasteiger charge is 2.29. The second-order valence-corrected chi connectivity index (χ2v) is 26.9. The van der Waals surface area contributed by atoms with Crippen molar-refractivity contribution in [3.05, 3.63) is 134 Å². The van der Waals surface area contributed by atoms with Crippen molar-refractivity contribution in [3.8, 4) is 0 Å². The zero-order valence-corrected chi connectivity index (χ0v) is 60.8. The van der Waals surface area contributed by atoms with Gasteiger partial charge in [-0.05, 0) is 135 Å². The number of aliphatic hydroxyl groups is 2.